The first-order valence-corrected chi connectivity index (χ1v) is 22.5. The van der Waals surface area contributed by atoms with Crippen LogP contribution in [0.2, 0.25) is 0 Å². The molecule has 2 heterocycles. The number of amidine groups is 2. The summed E-state index contributed by atoms with van der Waals surface area (Å²) >= 11 is 0. The first-order chi connectivity index (χ1) is 32.6. The first kappa shape index (κ1) is 37.8. The Hall–Kier alpha value is -8.73. The third-order valence-electron chi connectivity index (χ3n) is 13.7. The maximum atomic E-state index is 9.37. The predicted molar refractivity (Wildman–Crippen MR) is 274 cm³/mol. The van der Waals surface area contributed by atoms with Crippen LogP contribution in [-0.2, 0) is 5.41 Å². The summed E-state index contributed by atoms with van der Waals surface area (Å²) in [7, 11) is 0. The molecule has 2 aliphatic heterocycles. The average Bonchev–Trinajstić information content (AvgIpc) is 3.94. The Morgan fingerprint density at radius 3 is 1.62 bits per heavy atom. The molecule has 10 aromatic carbocycles. The number of aliphatic imine (C=N–C) groups is 2. The van der Waals surface area contributed by atoms with Crippen molar-refractivity contribution in [1.29, 1.82) is 5.41 Å². The predicted octanol–water partition coefficient (Wildman–Crippen LogP) is 15.1. The highest BCUT2D eigenvalue weighted by atomic mass is 15.2. The van der Waals surface area contributed by atoms with E-state index in [2.05, 4.69) is 193 Å². The fourth-order valence-electron chi connectivity index (χ4n) is 10.7. The fourth-order valence-corrected chi connectivity index (χ4v) is 10.7. The molecule has 1 spiro atoms. The van der Waals surface area contributed by atoms with Gasteiger partial charge in [0.1, 0.15) is 0 Å². The number of hydrogen-bond acceptors (Lipinski definition) is 2. The Bertz CT molecular complexity index is 3630. The molecule has 3 aliphatic rings. The Balaban J connectivity index is 0.979. The third-order valence-corrected chi connectivity index (χ3v) is 13.7. The smallest absolute Gasteiger partial charge is 0.162 e. The standard InChI is InChI=1S/C62H40N4/c63-60(65-61-51(40-17-4-1-5-18-40)39-57(64-61)41-19-6-2-7-20-41)48-26-16-25-42(33-48)47-31-32-54-52(34-47)50-29-14-15-30-53(50)62(54)55-35-43-21-10-12-23-45(43)37-58(55)66(49-27-8-3-9-28-49)59-38-46-24-13-11-22-44(46)36-56(59)62/h1-39,63H. The van der Waals surface area contributed by atoms with Crippen molar-refractivity contribution in [2.75, 3.05) is 4.90 Å². The van der Waals surface area contributed by atoms with Gasteiger partial charge in [0.25, 0.3) is 0 Å². The molecule has 1 aliphatic carbocycles. The molecule has 4 heteroatoms. The maximum absolute atomic E-state index is 9.37. The fraction of sp³-hybridized carbons (Fsp3) is 0.0161. The van der Waals surface area contributed by atoms with Crippen molar-refractivity contribution in [2.24, 2.45) is 9.98 Å². The number of nitrogens with one attached hydrogen (secondary N) is 1. The summed E-state index contributed by atoms with van der Waals surface area (Å²) in [6.07, 6.45) is 2.08. The molecule has 308 valence electrons. The van der Waals surface area contributed by atoms with Crippen LogP contribution in [0.1, 0.15) is 38.9 Å². The molecule has 0 amide bonds. The molecule has 1 N–H and O–H groups in total. The minimum Gasteiger partial charge on any atom is -0.310 e. The molecule has 10 aromatic rings. The first-order valence-electron chi connectivity index (χ1n) is 22.5. The highest BCUT2D eigenvalue weighted by molar-refractivity contribution is 6.39. The molecule has 66 heavy (non-hydrogen) atoms. The monoisotopic (exact) mass is 840 g/mol. The van der Waals surface area contributed by atoms with Crippen molar-refractivity contribution < 1.29 is 0 Å². The second-order valence-corrected chi connectivity index (χ2v) is 17.3. The van der Waals surface area contributed by atoms with Gasteiger partial charge in [-0.25, -0.2) is 9.98 Å². The normalized spacial score (nSPS) is 14.7. The summed E-state index contributed by atoms with van der Waals surface area (Å²) < 4.78 is 0. The summed E-state index contributed by atoms with van der Waals surface area (Å²) in [5.74, 6) is 0.698. The van der Waals surface area contributed by atoms with Crippen molar-refractivity contribution in [3.8, 4) is 22.3 Å². The lowest BCUT2D eigenvalue weighted by atomic mass is 9.64. The van der Waals surface area contributed by atoms with E-state index < -0.39 is 5.41 Å². The Kier molecular flexibility index (Phi) is 8.55. The highest BCUT2D eigenvalue weighted by Gasteiger charge is 2.52. The molecule has 0 aromatic heterocycles. The van der Waals surface area contributed by atoms with Crippen LogP contribution in [0.15, 0.2) is 247 Å². The van der Waals surface area contributed by atoms with Crippen LogP contribution in [0.5, 0.6) is 0 Å². The van der Waals surface area contributed by atoms with Gasteiger partial charge in [-0.05, 0) is 126 Å². The summed E-state index contributed by atoms with van der Waals surface area (Å²) in [5, 5.41) is 14.2. The van der Waals surface area contributed by atoms with Crippen LogP contribution in [0, 0.1) is 5.41 Å². The summed E-state index contributed by atoms with van der Waals surface area (Å²) in [6, 6.07) is 82.6. The SMILES string of the molecule is N=C(N=C1N=C(c2ccccc2)C=C1c1ccccc1)c1cccc(-c2ccc3c(c2)-c2ccccc2C32c3cc4ccccc4cc3N(c3ccccc3)c3cc4ccccc4cc32)c1. The molecule has 0 saturated heterocycles. The van der Waals surface area contributed by atoms with E-state index in [-0.39, 0.29) is 5.84 Å². The molecule has 4 nitrogen and oxygen atoms in total. The lowest BCUT2D eigenvalue weighted by Crippen LogP contribution is -2.36. The largest absolute Gasteiger partial charge is 0.310 e. The maximum Gasteiger partial charge on any atom is 0.162 e. The van der Waals surface area contributed by atoms with Crippen LogP contribution in [0.4, 0.5) is 17.1 Å². The zero-order chi connectivity index (χ0) is 43.8. The van der Waals surface area contributed by atoms with Gasteiger partial charge in [0.2, 0.25) is 0 Å². The van der Waals surface area contributed by atoms with Gasteiger partial charge in [-0.2, -0.15) is 0 Å². The second kappa shape index (κ2) is 14.9. The van der Waals surface area contributed by atoms with Gasteiger partial charge in [-0.3, -0.25) is 5.41 Å². The van der Waals surface area contributed by atoms with Crippen LogP contribution < -0.4 is 4.90 Å². The van der Waals surface area contributed by atoms with Crippen molar-refractivity contribution in [2.45, 2.75) is 5.41 Å². The van der Waals surface area contributed by atoms with Gasteiger partial charge in [0.05, 0.1) is 22.5 Å². The zero-order valence-electron chi connectivity index (χ0n) is 35.9. The quantitative estimate of drug-likeness (QED) is 0.136. The molecule has 0 radical (unpaired) electrons. The van der Waals surface area contributed by atoms with Crippen LogP contribution in [0.25, 0.3) is 49.4 Å². The van der Waals surface area contributed by atoms with Gasteiger partial charge < -0.3 is 4.90 Å². The number of hydrogen-bond donors (Lipinski definition) is 1. The molecule has 13 rings (SSSR count). The van der Waals surface area contributed by atoms with E-state index in [9.17, 15) is 5.41 Å². The Labute approximate surface area is 383 Å². The number of nitrogens with zero attached hydrogens (tertiary/aromatic N) is 3. The van der Waals surface area contributed by atoms with E-state index in [1.807, 2.05) is 48.5 Å². The number of benzene rings is 10. The molecule has 0 bridgehead atoms. The van der Waals surface area contributed by atoms with E-state index in [1.54, 1.807) is 0 Å². The third kappa shape index (κ3) is 5.82. The number of para-hydroxylation sites is 1. The van der Waals surface area contributed by atoms with Gasteiger partial charge >= 0.3 is 0 Å². The molecular formula is C62H40N4. The number of fused-ring (bicyclic) bond motifs is 11. The van der Waals surface area contributed by atoms with Gasteiger partial charge in [-0.15, -0.1) is 0 Å². The molecular weight excluding hydrogens is 801 g/mol. The van der Waals surface area contributed by atoms with E-state index >= 15 is 0 Å². The number of anilines is 3. The topological polar surface area (TPSA) is 51.8 Å². The number of rotatable bonds is 5. The summed E-state index contributed by atoms with van der Waals surface area (Å²) in [5.41, 5.74) is 17.0. The van der Waals surface area contributed by atoms with Crippen molar-refractivity contribution in [1.82, 2.24) is 0 Å². The van der Waals surface area contributed by atoms with Crippen molar-refractivity contribution in [3.63, 3.8) is 0 Å². The minimum atomic E-state index is -0.612. The van der Waals surface area contributed by atoms with Crippen LogP contribution in [-0.4, -0.2) is 17.4 Å². The highest BCUT2D eigenvalue weighted by Crippen LogP contribution is 2.64. The van der Waals surface area contributed by atoms with E-state index in [0.717, 1.165) is 44.8 Å². The molecule has 0 atom stereocenters. The van der Waals surface area contributed by atoms with E-state index in [0.29, 0.717) is 5.84 Å². The summed E-state index contributed by atoms with van der Waals surface area (Å²) in [6.45, 7) is 0. The van der Waals surface area contributed by atoms with Gasteiger partial charge in [-0.1, -0.05) is 182 Å². The van der Waals surface area contributed by atoms with E-state index in [4.69, 9.17) is 9.98 Å². The van der Waals surface area contributed by atoms with Crippen molar-refractivity contribution in [3.05, 3.63) is 276 Å². The van der Waals surface area contributed by atoms with Crippen LogP contribution >= 0.6 is 0 Å². The summed E-state index contributed by atoms with van der Waals surface area (Å²) in [4.78, 5) is 12.4. The zero-order valence-corrected chi connectivity index (χ0v) is 35.9. The number of allylic oxidation sites excluding steroid dienone is 1. The lowest BCUT2D eigenvalue weighted by molar-refractivity contribution is 0.756. The van der Waals surface area contributed by atoms with E-state index in [1.165, 1.54) is 66.3 Å². The van der Waals surface area contributed by atoms with Gasteiger partial charge in [0, 0.05) is 22.4 Å². The molecule has 0 saturated carbocycles. The Morgan fingerprint density at radius 2 is 0.955 bits per heavy atom. The Morgan fingerprint density at radius 1 is 0.424 bits per heavy atom. The van der Waals surface area contributed by atoms with Gasteiger partial charge in [0.15, 0.2) is 11.7 Å². The molecule has 0 unspecified atom stereocenters. The molecule has 0 fully saturated rings. The second-order valence-electron chi connectivity index (χ2n) is 17.3. The average molecular weight is 841 g/mol. The van der Waals surface area contributed by atoms with Crippen molar-refractivity contribution >= 4 is 61.6 Å². The van der Waals surface area contributed by atoms with Crippen LogP contribution in [0.3, 0.4) is 0 Å². The lowest BCUT2D eigenvalue weighted by Gasteiger charge is -2.45. The minimum absolute atomic E-state index is 0.162.